The SMILES string of the molecule is Cc1ccc(-c2cnc(CCC(=O)N3CC(CO)OCC3C)o2)cc1. The molecular formula is C19H24N2O4. The monoisotopic (exact) mass is 344 g/mol. The summed E-state index contributed by atoms with van der Waals surface area (Å²) >= 11 is 0. The predicted octanol–water partition coefficient (Wildman–Crippen LogP) is 2.19. The van der Waals surface area contributed by atoms with Gasteiger partial charge in [0.25, 0.3) is 0 Å². The number of nitrogens with zero attached hydrogens (tertiary/aromatic N) is 2. The second-order valence-electron chi connectivity index (χ2n) is 6.52. The number of aliphatic hydroxyl groups is 1. The molecule has 1 aliphatic heterocycles. The number of aromatic nitrogens is 1. The molecule has 25 heavy (non-hydrogen) atoms. The van der Waals surface area contributed by atoms with Crippen LogP contribution in [-0.4, -0.2) is 52.8 Å². The zero-order valence-electron chi connectivity index (χ0n) is 14.6. The van der Waals surface area contributed by atoms with Crippen molar-refractivity contribution in [2.24, 2.45) is 0 Å². The number of aliphatic hydroxyl groups excluding tert-OH is 1. The maximum atomic E-state index is 12.5. The van der Waals surface area contributed by atoms with Crippen LogP contribution in [0.2, 0.25) is 0 Å². The molecule has 1 N–H and O–H groups in total. The smallest absolute Gasteiger partial charge is 0.223 e. The van der Waals surface area contributed by atoms with Gasteiger partial charge < -0.3 is 19.2 Å². The molecule has 2 atom stereocenters. The molecule has 2 unspecified atom stereocenters. The third-order valence-corrected chi connectivity index (χ3v) is 4.47. The van der Waals surface area contributed by atoms with Crippen molar-refractivity contribution in [3.8, 4) is 11.3 Å². The minimum Gasteiger partial charge on any atom is -0.441 e. The van der Waals surface area contributed by atoms with E-state index in [1.54, 1.807) is 11.1 Å². The number of benzene rings is 1. The fourth-order valence-corrected chi connectivity index (χ4v) is 2.91. The van der Waals surface area contributed by atoms with Crippen LogP contribution in [0.4, 0.5) is 0 Å². The van der Waals surface area contributed by atoms with Crippen LogP contribution in [0.5, 0.6) is 0 Å². The first kappa shape index (κ1) is 17.6. The van der Waals surface area contributed by atoms with Crippen molar-refractivity contribution in [2.45, 2.75) is 38.8 Å². The molecule has 0 saturated carbocycles. The molecule has 0 radical (unpaired) electrons. The molecule has 0 bridgehead atoms. The van der Waals surface area contributed by atoms with E-state index >= 15 is 0 Å². The Morgan fingerprint density at radius 3 is 2.84 bits per heavy atom. The molecular weight excluding hydrogens is 320 g/mol. The molecule has 6 nitrogen and oxygen atoms in total. The highest BCUT2D eigenvalue weighted by atomic mass is 16.5. The first-order valence-electron chi connectivity index (χ1n) is 8.60. The topological polar surface area (TPSA) is 75.8 Å². The number of amides is 1. The Labute approximate surface area is 147 Å². The molecule has 1 fully saturated rings. The molecule has 2 aromatic rings. The van der Waals surface area contributed by atoms with Gasteiger partial charge >= 0.3 is 0 Å². The van der Waals surface area contributed by atoms with Crippen molar-refractivity contribution in [3.63, 3.8) is 0 Å². The zero-order valence-corrected chi connectivity index (χ0v) is 14.6. The highest BCUT2D eigenvalue weighted by molar-refractivity contribution is 5.76. The molecule has 0 spiro atoms. The summed E-state index contributed by atoms with van der Waals surface area (Å²) in [5.41, 5.74) is 2.16. The average Bonchev–Trinajstić information content (AvgIpc) is 3.09. The van der Waals surface area contributed by atoms with Gasteiger partial charge in [-0.05, 0) is 13.8 Å². The lowest BCUT2D eigenvalue weighted by atomic mass is 10.1. The lowest BCUT2D eigenvalue weighted by Gasteiger charge is -2.37. The van der Waals surface area contributed by atoms with Crippen LogP contribution in [0.1, 0.15) is 24.8 Å². The number of hydrogen-bond donors (Lipinski definition) is 1. The Hall–Kier alpha value is -2.18. The standard InChI is InChI=1S/C19H24N2O4/c1-13-3-5-15(6-4-13)17-9-20-18(25-17)7-8-19(23)21-10-16(11-22)24-12-14(21)2/h3-6,9,14,16,22H,7-8,10-12H2,1-2H3. The number of oxazole rings is 1. The van der Waals surface area contributed by atoms with Gasteiger partial charge in [0.15, 0.2) is 11.7 Å². The minimum absolute atomic E-state index is 0.0166. The van der Waals surface area contributed by atoms with E-state index in [2.05, 4.69) is 4.98 Å². The summed E-state index contributed by atoms with van der Waals surface area (Å²) < 4.78 is 11.2. The highest BCUT2D eigenvalue weighted by Gasteiger charge is 2.29. The van der Waals surface area contributed by atoms with Gasteiger partial charge in [0.05, 0.1) is 31.6 Å². The summed E-state index contributed by atoms with van der Waals surface area (Å²) in [5.74, 6) is 1.30. The Morgan fingerprint density at radius 2 is 2.12 bits per heavy atom. The van der Waals surface area contributed by atoms with Gasteiger partial charge in [-0.1, -0.05) is 29.8 Å². The van der Waals surface area contributed by atoms with E-state index in [-0.39, 0.29) is 24.7 Å². The summed E-state index contributed by atoms with van der Waals surface area (Å²) in [4.78, 5) is 18.5. The van der Waals surface area contributed by atoms with Crippen molar-refractivity contribution in [3.05, 3.63) is 41.9 Å². The summed E-state index contributed by atoms with van der Waals surface area (Å²) in [5, 5.41) is 9.22. The van der Waals surface area contributed by atoms with Crippen molar-refractivity contribution in [1.82, 2.24) is 9.88 Å². The van der Waals surface area contributed by atoms with Gasteiger partial charge in [0.1, 0.15) is 0 Å². The normalized spacial score (nSPS) is 20.7. The van der Waals surface area contributed by atoms with Gasteiger partial charge in [-0.3, -0.25) is 4.79 Å². The largest absolute Gasteiger partial charge is 0.441 e. The molecule has 134 valence electrons. The Morgan fingerprint density at radius 1 is 1.36 bits per heavy atom. The number of morpholine rings is 1. The van der Waals surface area contributed by atoms with Gasteiger partial charge in [-0.15, -0.1) is 0 Å². The molecule has 1 aliphatic rings. The third kappa shape index (κ3) is 4.27. The lowest BCUT2D eigenvalue weighted by Crippen LogP contribution is -2.52. The van der Waals surface area contributed by atoms with E-state index in [1.807, 2.05) is 38.1 Å². The van der Waals surface area contributed by atoms with Crippen LogP contribution in [0.3, 0.4) is 0 Å². The maximum Gasteiger partial charge on any atom is 0.223 e. The molecule has 1 saturated heterocycles. The molecule has 1 aromatic heterocycles. The van der Waals surface area contributed by atoms with Gasteiger partial charge in [-0.25, -0.2) is 4.98 Å². The van der Waals surface area contributed by atoms with Crippen molar-refractivity contribution in [1.29, 1.82) is 0 Å². The molecule has 6 heteroatoms. The molecule has 1 aromatic carbocycles. The van der Waals surface area contributed by atoms with Gasteiger partial charge in [0.2, 0.25) is 5.91 Å². The van der Waals surface area contributed by atoms with E-state index in [0.717, 1.165) is 5.56 Å². The zero-order chi connectivity index (χ0) is 17.8. The fourth-order valence-electron chi connectivity index (χ4n) is 2.91. The predicted molar refractivity (Wildman–Crippen MR) is 93.0 cm³/mol. The molecule has 3 rings (SSSR count). The van der Waals surface area contributed by atoms with Crippen LogP contribution in [-0.2, 0) is 16.0 Å². The average molecular weight is 344 g/mol. The number of carbonyl (C=O) groups excluding carboxylic acids is 1. The highest BCUT2D eigenvalue weighted by Crippen LogP contribution is 2.21. The van der Waals surface area contributed by atoms with Crippen LogP contribution < -0.4 is 0 Å². The molecule has 0 aliphatic carbocycles. The van der Waals surface area contributed by atoms with Gasteiger partial charge in [0, 0.05) is 24.9 Å². The van der Waals surface area contributed by atoms with E-state index in [4.69, 9.17) is 9.15 Å². The molecule has 2 heterocycles. The summed E-state index contributed by atoms with van der Waals surface area (Å²) in [6.07, 6.45) is 2.19. The lowest BCUT2D eigenvalue weighted by molar-refractivity contribution is -0.146. The summed E-state index contributed by atoms with van der Waals surface area (Å²) in [7, 11) is 0. The van der Waals surface area contributed by atoms with Crippen LogP contribution >= 0.6 is 0 Å². The summed E-state index contributed by atoms with van der Waals surface area (Å²) in [6.45, 7) is 4.79. The third-order valence-electron chi connectivity index (χ3n) is 4.47. The second-order valence-corrected chi connectivity index (χ2v) is 6.52. The van der Waals surface area contributed by atoms with E-state index < -0.39 is 0 Å². The Balaban J connectivity index is 1.58. The number of aryl methyl sites for hydroxylation is 2. The number of hydrogen-bond acceptors (Lipinski definition) is 5. The van der Waals surface area contributed by atoms with Gasteiger partial charge in [-0.2, -0.15) is 0 Å². The quantitative estimate of drug-likeness (QED) is 0.900. The van der Waals surface area contributed by atoms with Crippen LogP contribution in [0.25, 0.3) is 11.3 Å². The first-order valence-corrected chi connectivity index (χ1v) is 8.60. The number of ether oxygens (including phenoxy) is 1. The van der Waals surface area contributed by atoms with Crippen LogP contribution in [0, 0.1) is 6.92 Å². The van der Waals surface area contributed by atoms with E-state index in [1.165, 1.54) is 5.56 Å². The van der Waals surface area contributed by atoms with Crippen molar-refractivity contribution >= 4 is 5.91 Å². The second kappa shape index (κ2) is 7.80. The van der Waals surface area contributed by atoms with Crippen LogP contribution in [0.15, 0.2) is 34.9 Å². The minimum atomic E-state index is -0.296. The Kier molecular flexibility index (Phi) is 5.50. The van der Waals surface area contributed by atoms with Crippen molar-refractivity contribution < 1.29 is 19.1 Å². The first-order chi connectivity index (χ1) is 12.1. The summed E-state index contributed by atoms with van der Waals surface area (Å²) in [6, 6.07) is 8.06. The Bertz CT molecular complexity index is 710. The van der Waals surface area contributed by atoms with Crippen molar-refractivity contribution in [2.75, 3.05) is 19.8 Å². The fraction of sp³-hybridized carbons (Fsp3) is 0.474. The molecule has 1 amide bonds. The van der Waals surface area contributed by atoms with E-state index in [0.29, 0.717) is 37.6 Å². The number of rotatable bonds is 5. The maximum absolute atomic E-state index is 12.5. The number of carbonyl (C=O) groups is 1. The van der Waals surface area contributed by atoms with E-state index in [9.17, 15) is 9.90 Å².